The van der Waals surface area contributed by atoms with Crippen LogP contribution in [0.3, 0.4) is 0 Å². The molecule has 0 saturated heterocycles. The third-order valence-electron chi connectivity index (χ3n) is 1.71. The van der Waals surface area contributed by atoms with Gasteiger partial charge in [-0.3, -0.25) is 0 Å². The van der Waals surface area contributed by atoms with Crippen LogP contribution in [0.4, 0.5) is 13.2 Å². The molecular formula is C9H7F3O2. The van der Waals surface area contributed by atoms with E-state index in [2.05, 4.69) is 0 Å². The second kappa shape index (κ2) is 3.32. The second-order valence-corrected chi connectivity index (χ2v) is 2.89. The molecule has 0 aliphatic heterocycles. The monoisotopic (exact) mass is 204 g/mol. The van der Waals surface area contributed by atoms with Gasteiger partial charge in [0, 0.05) is 12.5 Å². The number of hydrogen-bond acceptors (Lipinski definition) is 1. The lowest BCUT2D eigenvalue weighted by atomic mass is 10.1. The van der Waals surface area contributed by atoms with Crippen molar-refractivity contribution in [3.8, 4) is 0 Å². The zero-order chi connectivity index (χ0) is 10.9. The van der Waals surface area contributed by atoms with E-state index in [1.807, 2.05) is 0 Å². The molecule has 2 nitrogen and oxygen atoms in total. The summed E-state index contributed by atoms with van der Waals surface area (Å²) in [6.07, 6.45) is 0. The number of hydrogen-bond donors (Lipinski definition) is 1. The van der Waals surface area contributed by atoms with E-state index in [-0.39, 0.29) is 0 Å². The van der Waals surface area contributed by atoms with Gasteiger partial charge in [-0.05, 0) is 12.1 Å². The third-order valence-corrected chi connectivity index (χ3v) is 1.71. The van der Waals surface area contributed by atoms with Crippen molar-refractivity contribution in [2.75, 3.05) is 0 Å². The first-order chi connectivity index (χ1) is 6.32. The number of carbonyl (C=O) groups is 1. The van der Waals surface area contributed by atoms with E-state index in [0.717, 1.165) is 12.1 Å². The van der Waals surface area contributed by atoms with Gasteiger partial charge < -0.3 is 5.11 Å². The molecule has 0 aliphatic carbocycles. The van der Waals surface area contributed by atoms with Crippen molar-refractivity contribution in [2.24, 2.45) is 0 Å². The Hall–Kier alpha value is -1.52. The van der Waals surface area contributed by atoms with Crippen molar-refractivity contribution in [1.82, 2.24) is 0 Å². The van der Waals surface area contributed by atoms with Crippen molar-refractivity contribution in [3.05, 3.63) is 35.1 Å². The van der Waals surface area contributed by atoms with Crippen molar-refractivity contribution in [2.45, 2.75) is 12.8 Å². The van der Waals surface area contributed by atoms with Gasteiger partial charge in [0.2, 0.25) is 0 Å². The summed E-state index contributed by atoms with van der Waals surface area (Å²) < 4.78 is 38.2. The first-order valence-electron chi connectivity index (χ1n) is 3.73. The van der Waals surface area contributed by atoms with E-state index in [0.29, 0.717) is 13.0 Å². The first kappa shape index (κ1) is 10.6. The van der Waals surface area contributed by atoms with Crippen LogP contribution in [0.5, 0.6) is 0 Å². The van der Waals surface area contributed by atoms with E-state index in [9.17, 15) is 18.0 Å². The van der Waals surface area contributed by atoms with Gasteiger partial charge in [0.05, 0.1) is 5.56 Å². The lowest BCUT2D eigenvalue weighted by Crippen LogP contribution is -2.09. The van der Waals surface area contributed by atoms with Gasteiger partial charge in [-0.25, -0.2) is 18.0 Å². The number of alkyl halides is 2. The molecule has 0 saturated carbocycles. The fraction of sp³-hybridized carbons (Fsp3) is 0.222. The smallest absolute Gasteiger partial charge is 0.338 e. The minimum atomic E-state index is -3.17. The van der Waals surface area contributed by atoms with Gasteiger partial charge in [0.25, 0.3) is 5.92 Å². The molecule has 0 spiro atoms. The molecule has 1 aromatic carbocycles. The fourth-order valence-corrected chi connectivity index (χ4v) is 0.962. The van der Waals surface area contributed by atoms with Crippen LogP contribution in [0.15, 0.2) is 18.2 Å². The van der Waals surface area contributed by atoms with Gasteiger partial charge >= 0.3 is 5.97 Å². The van der Waals surface area contributed by atoms with Crippen molar-refractivity contribution < 1.29 is 23.1 Å². The molecule has 5 heteroatoms. The summed E-state index contributed by atoms with van der Waals surface area (Å²) in [4.78, 5) is 10.4. The van der Waals surface area contributed by atoms with E-state index in [1.54, 1.807) is 0 Å². The minimum absolute atomic E-state index is 0.531. The maximum Gasteiger partial charge on any atom is 0.338 e. The summed E-state index contributed by atoms with van der Waals surface area (Å²) in [5.74, 6) is -5.80. The number of carboxylic acids is 1. The van der Waals surface area contributed by atoms with Gasteiger partial charge in [0.1, 0.15) is 5.82 Å². The van der Waals surface area contributed by atoms with Crippen LogP contribution in [0.2, 0.25) is 0 Å². The SMILES string of the molecule is CC(F)(F)c1ccc(C(=O)O)c(F)c1. The predicted octanol–water partition coefficient (Wildman–Crippen LogP) is 2.64. The number of benzene rings is 1. The number of aromatic carboxylic acids is 1. The molecule has 1 N–H and O–H groups in total. The standard InChI is InChI=1S/C9H7F3O2/c1-9(11,12)5-2-3-6(8(13)14)7(10)4-5/h2-4H,1H3,(H,13,14). The van der Waals surface area contributed by atoms with Crippen LogP contribution in [0.25, 0.3) is 0 Å². The number of rotatable bonds is 2. The predicted molar refractivity (Wildman–Crippen MR) is 42.9 cm³/mol. The quantitative estimate of drug-likeness (QED) is 0.803. The van der Waals surface area contributed by atoms with E-state index in [4.69, 9.17) is 5.11 Å². The zero-order valence-corrected chi connectivity index (χ0v) is 7.22. The molecule has 1 rings (SSSR count). The normalized spacial score (nSPS) is 11.4. The highest BCUT2D eigenvalue weighted by Crippen LogP contribution is 2.27. The Kier molecular flexibility index (Phi) is 2.51. The van der Waals surface area contributed by atoms with E-state index < -0.39 is 28.8 Å². The highest BCUT2D eigenvalue weighted by Gasteiger charge is 2.25. The van der Waals surface area contributed by atoms with Gasteiger partial charge in [0.15, 0.2) is 0 Å². The zero-order valence-electron chi connectivity index (χ0n) is 7.22. The second-order valence-electron chi connectivity index (χ2n) is 2.89. The molecular weight excluding hydrogens is 197 g/mol. The molecule has 0 unspecified atom stereocenters. The molecule has 14 heavy (non-hydrogen) atoms. The number of halogens is 3. The minimum Gasteiger partial charge on any atom is -0.478 e. The Morgan fingerprint density at radius 1 is 1.43 bits per heavy atom. The largest absolute Gasteiger partial charge is 0.478 e. The highest BCUT2D eigenvalue weighted by atomic mass is 19.3. The summed E-state index contributed by atoms with van der Waals surface area (Å²) in [5.41, 5.74) is -1.15. The molecule has 0 radical (unpaired) electrons. The van der Waals surface area contributed by atoms with Gasteiger partial charge in [-0.1, -0.05) is 6.07 Å². The third kappa shape index (κ3) is 2.04. The topological polar surface area (TPSA) is 37.3 Å². The van der Waals surface area contributed by atoms with Crippen molar-refractivity contribution in [3.63, 3.8) is 0 Å². The molecule has 76 valence electrons. The van der Waals surface area contributed by atoms with Gasteiger partial charge in [-0.2, -0.15) is 0 Å². The summed E-state index contributed by atoms with van der Waals surface area (Å²) in [6, 6.07) is 2.25. The number of carboxylic acid groups (broad SMARTS) is 1. The Labute approximate surface area is 78.0 Å². The molecule has 0 atom stereocenters. The molecule has 0 fully saturated rings. The first-order valence-corrected chi connectivity index (χ1v) is 3.73. The summed E-state index contributed by atoms with van der Waals surface area (Å²) in [7, 11) is 0. The van der Waals surface area contributed by atoms with Crippen LogP contribution in [-0.2, 0) is 5.92 Å². The molecule has 0 bridgehead atoms. The highest BCUT2D eigenvalue weighted by molar-refractivity contribution is 5.87. The van der Waals surface area contributed by atoms with Crippen LogP contribution in [-0.4, -0.2) is 11.1 Å². The van der Waals surface area contributed by atoms with Crippen molar-refractivity contribution in [1.29, 1.82) is 0 Å². The van der Waals surface area contributed by atoms with Crippen molar-refractivity contribution >= 4 is 5.97 Å². The van der Waals surface area contributed by atoms with Crippen LogP contribution < -0.4 is 0 Å². The summed E-state index contributed by atoms with van der Waals surface area (Å²) in [6.45, 7) is 0.613. The average molecular weight is 204 g/mol. The maximum absolute atomic E-state index is 12.9. The van der Waals surface area contributed by atoms with Gasteiger partial charge in [-0.15, -0.1) is 0 Å². The molecule has 0 heterocycles. The molecule has 0 aromatic heterocycles. The Morgan fingerprint density at radius 3 is 2.36 bits per heavy atom. The lowest BCUT2D eigenvalue weighted by Gasteiger charge is -2.10. The molecule has 1 aromatic rings. The summed E-state index contributed by atoms with van der Waals surface area (Å²) in [5, 5.41) is 8.43. The summed E-state index contributed by atoms with van der Waals surface area (Å²) >= 11 is 0. The van der Waals surface area contributed by atoms with Crippen LogP contribution >= 0.6 is 0 Å². The van der Waals surface area contributed by atoms with E-state index in [1.165, 1.54) is 0 Å². The molecule has 0 aliphatic rings. The average Bonchev–Trinajstić information content (AvgIpc) is 2.01. The van der Waals surface area contributed by atoms with Crippen LogP contribution in [0.1, 0.15) is 22.8 Å². The Bertz CT molecular complexity index is 369. The Morgan fingerprint density at radius 2 is 2.00 bits per heavy atom. The lowest BCUT2D eigenvalue weighted by molar-refractivity contribution is 0.0170. The molecule has 0 amide bonds. The fourth-order valence-electron chi connectivity index (χ4n) is 0.962. The maximum atomic E-state index is 12.9. The Balaban J connectivity index is 3.20. The van der Waals surface area contributed by atoms with Crippen LogP contribution in [0, 0.1) is 5.82 Å². The van der Waals surface area contributed by atoms with E-state index >= 15 is 0 Å².